The molecule has 0 aliphatic carbocycles. The number of fused-ring (bicyclic) bond motifs is 2. The topological polar surface area (TPSA) is 301 Å². The maximum Gasteiger partial charge on any atom is 1.00 e. The van der Waals surface area contributed by atoms with Crippen LogP contribution in [0.15, 0.2) is 261 Å². The molecule has 698 valence electrons. The number of benzene rings is 10. The number of carboxylic acids is 1. The van der Waals surface area contributed by atoms with Crippen LogP contribution >= 0.6 is 23.2 Å². The van der Waals surface area contributed by atoms with Crippen molar-refractivity contribution in [1.82, 2.24) is 9.97 Å². The molecule has 12 aromatic rings. The molecule has 4 aliphatic heterocycles. The molecule has 0 spiro atoms. The van der Waals surface area contributed by atoms with Crippen molar-refractivity contribution in [3.63, 3.8) is 0 Å². The molecule has 6 heterocycles. The van der Waals surface area contributed by atoms with Gasteiger partial charge in [-0.1, -0.05) is 172 Å². The molecular formula is C104H111Cl2F2LiN7O17U-. The van der Waals surface area contributed by atoms with Crippen LogP contribution in [0.2, 0.25) is 0 Å². The van der Waals surface area contributed by atoms with Crippen molar-refractivity contribution < 1.29 is 140 Å². The fraction of sp³-hybridized carbons (Fsp3) is 0.298. The SMILES string of the molecule is CC(C)(C)c1[c-]c(C(C)(C)C)cc(C(C)(C)C)c1.COc1ccc2c(Oc3ccc(CC(=O)C4OCCN(c5ccccc5)C4=O)cc3F)ccnc2c1.COc1ccc2c(Oc3ccc(N)cc3F)ccnc2c1.O=C(Cl)CCl.O=C([O-])C1OCCN(c2ccccc2)C1=O.O=C1COCCN1c1ccccc1.O=C1COCCN1c1ccccc1.OCCCc1ccccc1.[Li+].[U]. The van der Waals surface area contributed by atoms with E-state index >= 15 is 0 Å². The first-order valence-electron chi connectivity index (χ1n) is 42.8. The van der Waals surface area contributed by atoms with Gasteiger partial charge in [-0.25, -0.2) is 8.78 Å². The Morgan fingerprint density at radius 2 is 0.888 bits per heavy atom. The average Bonchev–Trinajstić information content (AvgIpc) is 0.776. The fourth-order valence-electron chi connectivity index (χ4n) is 13.3. The number of alkyl halides is 1. The quantitative estimate of drug-likeness (QED) is 0.0201. The number of halogens is 4. The van der Waals surface area contributed by atoms with Crippen LogP contribution in [0.1, 0.15) is 96.6 Å². The molecule has 0 saturated carbocycles. The van der Waals surface area contributed by atoms with E-state index in [1.54, 1.807) is 127 Å². The van der Waals surface area contributed by atoms with E-state index in [0.717, 1.165) is 29.6 Å². The third-order valence-corrected chi connectivity index (χ3v) is 21.0. The van der Waals surface area contributed by atoms with Crippen LogP contribution in [-0.4, -0.2) is 160 Å². The first kappa shape index (κ1) is 110. The average molecular weight is 2080 g/mol. The molecule has 2 atom stereocenters. The Bertz CT molecular complexity index is 5650. The number of ketones is 1. The van der Waals surface area contributed by atoms with Gasteiger partial charge in [0.25, 0.3) is 23.6 Å². The number of Topliss-reactive ketones (excluding diaryl/α,β-unsaturated/α-hetero) is 1. The third-order valence-electron chi connectivity index (χ3n) is 20.4. The van der Waals surface area contributed by atoms with Gasteiger partial charge in [0.1, 0.15) is 36.2 Å². The Morgan fingerprint density at radius 3 is 1.26 bits per heavy atom. The number of nitrogens with zero attached hydrogens (tertiary/aromatic N) is 6. The number of carbonyl (C=O) groups excluding carboxylic acids is 7. The number of anilines is 5. The number of para-hydroxylation sites is 4. The molecule has 4 saturated heterocycles. The molecule has 24 nitrogen and oxygen atoms in total. The van der Waals surface area contributed by atoms with Gasteiger partial charge in [-0.3, -0.25) is 38.7 Å². The standard InChI is InChI=1S/C28H23FN2O5.C18H29.C16H13FN2O2.C11H11NO4.2C10H11NO2.C9H12O.C2H2Cl2O.Li.U/c1-34-20-8-9-21-23(17-20)30-12-11-25(21)36-26-10-7-18(15-22(26)29)16-24(32)27-28(33)31(13-14-35-27)19-5-3-2-4-6-19;1-16(2,3)13-10-14(17(4,5)6)12-15(11-13)18(7,8)9;1-20-11-3-4-12-14(9-11)19-7-6-15(12)21-16-5-2-10(18)8-13(16)17;13-10-9(11(14)15)16-7-6-12(10)8-4-2-1-3-5-8;2*12-10-8-13-7-6-11(10)9-4-2-1-3-5-9;10-8-4-7-9-5-2-1-3-6-9;3-1-2(4)5;;/h2-12,15,17,27H,13-14,16H2,1H3;10-11H,1-9H3;2-9H,18H2,1H3;1-5,9H,6-7H2,(H,14,15);2*1-5H,6-8H2;1-3,5-6,10H,4,7-8H2;1H2;;/q;-1;;;;;;;+1;/p-1. The smallest absolute Gasteiger partial charge is 0.547 e. The van der Waals surface area contributed by atoms with Crippen molar-refractivity contribution in [3.05, 3.63) is 307 Å². The number of amides is 4. The van der Waals surface area contributed by atoms with Crippen molar-refractivity contribution >= 4 is 114 Å². The molecule has 0 bridgehead atoms. The molecule has 2 unspecified atom stereocenters. The molecule has 2 aromatic heterocycles. The summed E-state index contributed by atoms with van der Waals surface area (Å²) in [6.45, 7) is 24.8. The fourth-order valence-corrected chi connectivity index (χ4v) is 13.3. The van der Waals surface area contributed by atoms with Gasteiger partial charge in [-0.05, 0) is 161 Å². The number of aryl methyl sites for hydroxylation is 1. The summed E-state index contributed by atoms with van der Waals surface area (Å²) in [4.78, 5) is 95.4. The number of aliphatic carboxylic acids is 1. The zero-order valence-electron chi connectivity index (χ0n) is 77.3. The van der Waals surface area contributed by atoms with Crippen LogP contribution < -0.4 is 68.2 Å². The predicted octanol–water partition coefficient (Wildman–Crippen LogP) is 14.7. The van der Waals surface area contributed by atoms with E-state index in [2.05, 4.69) is 103 Å². The summed E-state index contributed by atoms with van der Waals surface area (Å²) in [5.41, 5.74) is 16.8. The van der Waals surface area contributed by atoms with Crippen LogP contribution in [0.4, 0.5) is 37.2 Å². The summed E-state index contributed by atoms with van der Waals surface area (Å²) in [5, 5.41) is 20.2. The minimum atomic E-state index is -1.49. The number of methoxy groups -OCH3 is 2. The maximum atomic E-state index is 14.9. The number of nitrogens with two attached hydrogens (primary N) is 1. The summed E-state index contributed by atoms with van der Waals surface area (Å²) >= 11 is 9.55. The second kappa shape index (κ2) is 54.2. The molecule has 4 fully saturated rings. The van der Waals surface area contributed by atoms with Crippen molar-refractivity contribution in [2.24, 2.45) is 0 Å². The van der Waals surface area contributed by atoms with Gasteiger partial charge in [0.15, 0.2) is 41.1 Å². The van der Waals surface area contributed by atoms with Crippen LogP contribution in [0, 0.1) is 48.8 Å². The van der Waals surface area contributed by atoms with Crippen molar-refractivity contribution in [1.29, 1.82) is 0 Å². The molecule has 4 aliphatic rings. The number of aliphatic hydroxyl groups excluding tert-OH is 1. The van der Waals surface area contributed by atoms with E-state index in [1.807, 2.05) is 109 Å². The van der Waals surface area contributed by atoms with Crippen LogP contribution in [-0.2, 0) is 81.6 Å². The molecule has 4 amide bonds. The number of nitrogen functional groups attached to an aromatic ring is 1. The van der Waals surface area contributed by atoms with Gasteiger partial charge < -0.3 is 78.2 Å². The van der Waals surface area contributed by atoms with Crippen LogP contribution in [0.5, 0.6) is 34.5 Å². The molecular weight excluding hydrogens is 1970 g/mol. The number of carboxylic acid groups (broad SMARTS) is 1. The summed E-state index contributed by atoms with van der Waals surface area (Å²) in [6, 6.07) is 78.5. The van der Waals surface area contributed by atoms with Crippen molar-refractivity contribution in [2.75, 3.05) is 118 Å². The second-order valence-corrected chi connectivity index (χ2v) is 34.0. The number of morpholine rings is 4. The number of hydrogen-bond acceptors (Lipinski definition) is 20. The summed E-state index contributed by atoms with van der Waals surface area (Å²) in [6.07, 6.45) is 2.16. The third kappa shape index (κ3) is 33.6. The number of aliphatic hydroxyl groups is 1. The summed E-state index contributed by atoms with van der Waals surface area (Å²) < 4.78 is 71.0. The predicted molar refractivity (Wildman–Crippen MR) is 509 cm³/mol. The van der Waals surface area contributed by atoms with E-state index in [9.17, 15) is 47.4 Å². The van der Waals surface area contributed by atoms with Crippen molar-refractivity contribution in [2.45, 2.75) is 110 Å². The molecule has 0 radical (unpaired) electrons. The second-order valence-electron chi connectivity index (χ2n) is 33.3. The molecule has 3 N–H and O–H groups in total. The number of pyridine rings is 2. The maximum absolute atomic E-state index is 14.9. The Balaban J connectivity index is 0.000000219. The van der Waals surface area contributed by atoms with Crippen molar-refractivity contribution in [3.8, 4) is 34.5 Å². The van der Waals surface area contributed by atoms with Gasteiger partial charge in [0.2, 0.25) is 5.24 Å². The Kier molecular flexibility index (Phi) is 44.4. The molecule has 30 heteroatoms. The van der Waals surface area contributed by atoms with E-state index in [-0.39, 0.29) is 135 Å². The largest absolute Gasteiger partial charge is 1.00 e. The first-order valence-corrected chi connectivity index (χ1v) is 43.7. The minimum absolute atomic E-state index is 0. The van der Waals surface area contributed by atoms with Gasteiger partial charge in [0, 0.05) is 140 Å². The monoisotopic (exact) mass is 2080 g/mol. The normalized spacial score (nSPS) is 14.6. The van der Waals surface area contributed by atoms with Crippen LogP contribution in [0.3, 0.4) is 0 Å². The van der Waals surface area contributed by atoms with Gasteiger partial charge in [-0.2, -0.15) is 34.9 Å². The Hall–Kier alpha value is -11.4. The van der Waals surface area contributed by atoms with Crippen LogP contribution in [0.25, 0.3) is 21.8 Å². The Labute approximate surface area is 827 Å². The van der Waals surface area contributed by atoms with E-state index < -0.39 is 52.7 Å². The molecule has 134 heavy (non-hydrogen) atoms. The number of ether oxygens (including phenoxy) is 8. The molecule has 10 aromatic carbocycles. The molecule has 16 rings (SSSR count). The summed E-state index contributed by atoms with van der Waals surface area (Å²) in [5.74, 6) is -1.64. The zero-order valence-corrected chi connectivity index (χ0v) is 83.0. The van der Waals surface area contributed by atoms with E-state index in [0.29, 0.717) is 101 Å². The number of rotatable bonds is 18. The number of carbonyl (C=O) groups is 7. The first-order chi connectivity index (χ1) is 63.2. The number of aromatic nitrogens is 2. The number of hydrogen-bond donors (Lipinski definition) is 2. The van der Waals surface area contributed by atoms with Gasteiger partial charge in [0.05, 0.1) is 63.5 Å². The van der Waals surface area contributed by atoms with Gasteiger partial charge >= 0.3 is 18.9 Å². The minimum Gasteiger partial charge on any atom is -0.547 e. The summed E-state index contributed by atoms with van der Waals surface area (Å²) in [7, 11) is 3.16. The zero-order chi connectivity index (χ0) is 95.5. The van der Waals surface area contributed by atoms with E-state index in [4.69, 9.17) is 71.9 Å². The van der Waals surface area contributed by atoms with E-state index in [1.165, 1.54) is 56.3 Å². The van der Waals surface area contributed by atoms with Gasteiger partial charge in [-0.15, -0.1) is 11.6 Å². The Morgan fingerprint density at radius 1 is 0.500 bits per heavy atom.